The number of benzene rings is 2. The molecule has 0 aromatic heterocycles. The van der Waals surface area contributed by atoms with Crippen molar-refractivity contribution in [2.75, 3.05) is 13.1 Å². The lowest BCUT2D eigenvalue weighted by Crippen LogP contribution is -2.67. The summed E-state index contributed by atoms with van der Waals surface area (Å²) in [6.07, 6.45) is 17.3. The zero-order valence-corrected chi connectivity index (χ0v) is 32.1. The summed E-state index contributed by atoms with van der Waals surface area (Å²) in [5.41, 5.74) is 2.06. The van der Waals surface area contributed by atoms with E-state index in [1.807, 2.05) is 12.1 Å². The molecular formula is C47H67NO4. The molecule has 5 heteroatoms. The molecule has 15 atom stereocenters. The molecule has 2 saturated heterocycles. The number of aliphatic hydroxyl groups excluding tert-OH is 2. The van der Waals surface area contributed by atoms with Gasteiger partial charge in [-0.25, -0.2) is 0 Å². The van der Waals surface area contributed by atoms with Crippen LogP contribution in [0.25, 0.3) is 0 Å². The summed E-state index contributed by atoms with van der Waals surface area (Å²) in [6, 6.07) is 19.0. The van der Waals surface area contributed by atoms with E-state index in [0.717, 1.165) is 76.8 Å². The molecule has 2 heterocycles. The number of phenolic OH excluding ortho intramolecular Hbond substituents is 1. The van der Waals surface area contributed by atoms with E-state index in [1.54, 1.807) is 6.07 Å². The van der Waals surface area contributed by atoms with E-state index in [1.165, 1.54) is 56.1 Å². The van der Waals surface area contributed by atoms with Gasteiger partial charge in [0.2, 0.25) is 0 Å². The molecule has 7 aliphatic rings. The molecule has 284 valence electrons. The number of hydrogen-bond donors (Lipinski definition) is 4. The van der Waals surface area contributed by atoms with Crippen LogP contribution in [0.3, 0.4) is 0 Å². The number of aryl methyl sites for hydroxylation is 2. The van der Waals surface area contributed by atoms with Crippen molar-refractivity contribution in [3.05, 3.63) is 65.7 Å². The average Bonchev–Trinajstić information content (AvgIpc) is 3.71. The first-order valence-corrected chi connectivity index (χ1v) is 21.7. The van der Waals surface area contributed by atoms with Crippen LogP contribution >= 0.6 is 0 Å². The molecule has 5 saturated carbocycles. The van der Waals surface area contributed by atoms with Crippen LogP contribution in [0.2, 0.25) is 0 Å². The highest BCUT2D eigenvalue weighted by Gasteiger charge is 2.67. The molecule has 0 amide bonds. The van der Waals surface area contributed by atoms with Gasteiger partial charge < -0.3 is 20.4 Å². The highest BCUT2D eigenvalue weighted by molar-refractivity contribution is 5.27. The summed E-state index contributed by atoms with van der Waals surface area (Å²) in [7, 11) is 0. The lowest BCUT2D eigenvalue weighted by Gasteiger charge is -2.60. The number of aliphatic hydroxyl groups is 3. The van der Waals surface area contributed by atoms with Crippen LogP contribution in [0.5, 0.6) is 5.75 Å². The van der Waals surface area contributed by atoms with Gasteiger partial charge in [0.1, 0.15) is 5.75 Å². The van der Waals surface area contributed by atoms with Crippen LogP contribution in [0.4, 0.5) is 0 Å². The predicted molar refractivity (Wildman–Crippen MR) is 207 cm³/mol. The van der Waals surface area contributed by atoms with E-state index in [4.69, 9.17) is 0 Å². The van der Waals surface area contributed by atoms with Gasteiger partial charge in [-0.05, 0) is 197 Å². The topological polar surface area (TPSA) is 84.2 Å². The van der Waals surface area contributed by atoms with Crippen molar-refractivity contribution in [1.82, 2.24) is 4.90 Å². The number of piperidine rings is 2. The Bertz CT molecular complexity index is 1560. The second-order valence-electron chi connectivity index (χ2n) is 20.2. The maximum atomic E-state index is 12.4. The first kappa shape index (κ1) is 35.8. The van der Waals surface area contributed by atoms with E-state index >= 15 is 0 Å². The molecule has 9 rings (SSSR count). The van der Waals surface area contributed by atoms with Crippen molar-refractivity contribution >= 4 is 0 Å². The van der Waals surface area contributed by atoms with E-state index in [2.05, 4.69) is 55.1 Å². The van der Waals surface area contributed by atoms with E-state index in [9.17, 15) is 20.4 Å². The van der Waals surface area contributed by atoms with E-state index < -0.39 is 5.60 Å². The second kappa shape index (κ2) is 13.7. The van der Waals surface area contributed by atoms with Crippen molar-refractivity contribution in [3.8, 4) is 5.75 Å². The SMILES string of the molecule is CC1(O)C2CCC3C(CC4C3CC(O)C3CC(O)C5(CCC(CCc6cccc(O)c6)C5)CC34C)C2CN2CC(CCCc3ccccc3)CCC21. The summed E-state index contributed by atoms with van der Waals surface area (Å²) >= 11 is 0. The first-order chi connectivity index (χ1) is 25.0. The van der Waals surface area contributed by atoms with Gasteiger partial charge in [0.25, 0.3) is 0 Å². The number of phenols is 1. The maximum Gasteiger partial charge on any atom is 0.115 e. The number of rotatable bonds is 7. The van der Waals surface area contributed by atoms with Gasteiger partial charge in [-0.3, -0.25) is 4.90 Å². The number of hydrogen-bond acceptors (Lipinski definition) is 5. The third kappa shape index (κ3) is 6.11. The Morgan fingerprint density at radius 2 is 1.54 bits per heavy atom. The predicted octanol–water partition coefficient (Wildman–Crippen LogP) is 8.42. The molecule has 5 nitrogen and oxygen atoms in total. The fraction of sp³-hybridized carbons (Fsp3) is 0.745. The van der Waals surface area contributed by atoms with Gasteiger partial charge in [0.05, 0.1) is 17.8 Å². The summed E-state index contributed by atoms with van der Waals surface area (Å²) in [5, 5.41) is 46.2. The number of nitrogens with zero attached hydrogens (tertiary/aromatic N) is 1. The minimum atomic E-state index is -0.626. The van der Waals surface area contributed by atoms with Crippen LogP contribution < -0.4 is 0 Å². The maximum absolute atomic E-state index is 12.4. The fourth-order valence-electron chi connectivity index (χ4n) is 15.4. The highest BCUT2D eigenvalue weighted by Crippen LogP contribution is 2.70. The Balaban J connectivity index is 0.901. The van der Waals surface area contributed by atoms with Crippen LogP contribution in [0.1, 0.15) is 115 Å². The van der Waals surface area contributed by atoms with Crippen LogP contribution in [-0.4, -0.2) is 62.3 Å². The fourth-order valence-corrected chi connectivity index (χ4v) is 15.4. The molecule has 2 aromatic rings. The summed E-state index contributed by atoms with van der Waals surface area (Å²) < 4.78 is 0. The van der Waals surface area contributed by atoms with Crippen molar-refractivity contribution < 1.29 is 20.4 Å². The Hall–Kier alpha value is -1.92. The first-order valence-electron chi connectivity index (χ1n) is 21.7. The quantitative estimate of drug-likeness (QED) is 0.232. The molecule has 7 fully saturated rings. The zero-order chi connectivity index (χ0) is 35.8. The third-order valence-electron chi connectivity index (χ3n) is 17.7. The highest BCUT2D eigenvalue weighted by atomic mass is 16.3. The molecule has 52 heavy (non-hydrogen) atoms. The molecule has 1 spiro atoms. The monoisotopic (exact) mass is 710 g/mol. The average molecular weight is 710 g/mol. The Morgan fingerprint density at radius 1 is 0.712 bits per heavy atom. The lowest BCUT2D eigenvalue weighted by atomic mass is 9.46. The van der Waals surface area contributed by atoms with Gasteiger partial charge in [0, 0.05) is 19.1 Å². The largest absolute Gasteiger partial charge is 0.508 e. The summed E-state index contributed by atoms with van der Waals surface area (Å²) in [4.78, 5) is 2.77. The minimum absolute atomic E-state index is 0.0301. The van der Waals surface area contributed by atoms with Crippen LogP contribution in [0.15, 0.2) is 54.6 Å². The molecule has 0 bridgehead atoms. The Morgan fingerprint density at radius 3 is 2.37 bits per heavy atom. The van der Waals surface area contributed by atoms with E-state index in [-0.39, 0.29) is 29.0 Å². The normalized spacial score (nSPS) is 46.9. The molecule has 5 aliphatic carbocycles. The lowest BCUT2D eigenvalue weighted by molar-refractivity contribution is -0.180. The molecule has 15 unspecified atom stereocenters. The van der Waals surface area contributed by atoms with Gasteiger partial charge in [-0.1, -0.05) is 49.4 Å². The molecule has 2 aromatic carbocycles. The van der Waals surface area contributed by atoms with Gasteiger partial charge in [-0.15, -0.1) is 0 Å². The third-order valence-corrected chi connectivity index (χ3v) is 17.7. The zero-order valence-electron chi connectivity index (χ0n) is 32.1. The van der Waals surface area contributed by atoms with Gasteiger partial charge in [-0.2, -0.15) is 0 Å². The second-order valence-corrected chi connectivity index (χ2v) is 20.2. The number of fused-ring (bicyclic) bond motifs is 8. The molecular weight excluding hydrogens is 643 g/mol. The van der Waals surface area contributed by atoms with Crippen molar-refractivity contribution in [2.24, 2.45) is 64.1 Å². The summed E-state index contributed by atoms with van der Waals surface area (Å²) in [6.45, 7) is 7.07. The number of aromatic hydroxyl groups is 1. The summed E-state index contributed by atoms with van der Waals surface area (Å²) in [5.74, 6) is 5.31. The standard InChI is InChI=1S/C47H67NO4/c1-45-29-47(21-20-32(26-47)15-14-31-11-7-13-34(49)22-31)44(51)25-41(45)42(50)24-37-35-17-18-39-38(36(35)23-40(37)45)28-48-27-33(16-19-43(48)46(39,2)52)12-6-10-30-8-4-3-5-9-30/h3-5,7-9,11,13,22,32-33,35-44,49-52H,6,10,12,14-21,23-29H2,1-2H3. The Kier molecular flexibility index (Phi) is 9.41. The molecule has 2 aliphatic heterocycles. The molecule has 4 N–H and O–H groups in total. The minimum Gasteiger partial charge on any atom is -0.508 e. The van der Waals surface area contributed by atoms with Crippen molar-refractivity contribution in [1.29, 1.82) is 0 Å². The molecule has 0 radical (unpaired) electrons. The van der Waals surface area contributed by atoms with Gasteiger partial charge in [0.15, 0.2) is 0 Å². The smallest absolute Gasteiger partial charge is 0.115 e. The Labute approximate surface area is 313 Å². The van der Waals surface area contributed by atoms with Crippen molar-refractivity contribution in [2.45, 2.75) is 140 Å². The van der Waals surface area contributed by atoms with Crippen LogP contribution in [-0.2, 0) is 12.8 Å². The van der Waals surface area contributed by atoms with Crippen molar-refractivity contribution in [3.63, 3.8) is 0 Å². The van der Waals surface area contributed by atoms with E-state index in [0.29, 0.717) is 53.2 Å². The van der Waals surface area contributed by atoms with Crippen LogP contribution in [0, 0.1) is 64.1 Å². The van der Waals surface area contributed by atoms with Gasteiger partial charge >= 0.3 is 0 Å².